The molecule has 3 N–H and O–H groups in total. The summed E-state index contributed by atoms with van der Waals surface area (Å²) < 4.78 is 0. The molecule has 2 amide bonds. The molecule has 7 heteroatoms. The summed E-state index contributed by atoms with van der Waals surface area (Å²) in [6, 6.07) is 7.76. The third-order valence-corrected chi connectivity index (χ3v) is 5.31. The average molecular weight is 370 g/mol. The summed E-state index contributed by atoms with van der Waals surface area (Å²) in [5, 5.41) is 3.75. The number of halogens is 1. The Balaban J connectivity index is 1.62. The number of carbonyl (C=O) groups excluding carboxylic acids is 2. The number of nitrogens with two attached hydrogens (primary N) is 1. The van der Waals surface area contributed by atoms with Crippen LogP contribution in [0.5, 0.6) is 0 Å². The smallest absolute Gasteiger partial charge is 0.231 e. The van der Waals surface area contributed by atoms with E-state index in [-0.39, 0.29) is 24.3 Å². The van der Waals surface area contributed by atoms with E-state index in [9.17, 15) is 9.59 Å². The summed E-state index contributed by atoms with van der Waals surface area (Å²) in [5.41, 5.74) is 5.22. The quantitative estimate of drug-likeness (QED) is 0.543. The molecule has 0 radical (unpaired) electrons. The molecule has 132 valence electrons. The Bertz CT molecular complexity index is 553. The number of rotatable bonds is 8. The standard InChI is InChI=1S/C17H24ClN3O2S/c18-14-4-6-15(7-5-14)24-10-2-8-20-17(23)13-3-1-9-21(11-13)12-16(19)22/h4-7,13H,1-3,8-12H2,(H2,19,22)(H,20,23)/t13-/m1/s1. The van der Waals surface area contributed by atoms with E-state index in [0.717, 1.165) is 36.6 Å². The summed E-state index contributed by atoms with van der Waals surface area (Å²) in [5.74, 6) is 0.651. The molecule has 1 aromatic carbocycles. The highest BCUT2D eigenvalue weighted by atomic mass is 35.5. The Kier molecular flexibility index (Phi) is 7.88. The van der Waals surface area contributed by atoms with Gasteiger partial charge >= 0.3 is 0 Å². The highest BCUT2D eigenvalue weighted by Crippen LogP contribution is 2.21. The second kappa shape index (κ2) is 9.91. The number of piperidine rings is 1. The first-order valence-electron chi connectivity index (χ1n) is 8.21. The van der Waals surface area contributed by atoms with Gasteiger partial charge in [-0.15, -0.1) is 11.8 Å². The van der Waals surface area contributed by atoms with Crippen molar-refractivity contribution in [2.24, 2.45) is 11.7 Å². The lowest BCUT2D eigenvalue weighted by atomic mass is 9.97. The maximum absolute atomic E-state index is 12.2. The van der Waals surface area contributed by atoms with Gasteiger partial charge in [-0.1, -0.05) is 11.6 Å². The van der Waals surface area contributed by atoms with Crippen LogP contribution in [0.25, 0.3) is 0 Å². The number of nitrogens with zero attached hydrogens (tertiary/aromatic N) is 1. The Labute approximate surface area is 152 Å². The van der Waals surface area contributed by atoms with Gasteiger partial charge in [-0.05, 0) is 55.8 Å². The number of hydrogen-bond acceptors (Lipinski definition) is 4. The van der Waals surface area contributed by atoms with E-state index in [1.54, 1.807) is 11.8 Å². The summed E-state index contributed by atoms with van der Waals surface area (Å²) in [7, 11) is 0. The topological polar surface area (TPSA) is 75.4 Å². The molecule has 0 aliphatic carbocycles. The first kappa shape index (κ1) is 19.1. The van der Waals surface area contributed by atoms with Gasteiger partial charge in [0, 0.05) is 23.0 Å². The molecule has 1 heterocycles. The summed E-state index contributed by atoms with van der Waals surface area (Å²) >= 11 is 7.61. The van der Waals surface area contributed by atoms with Crippen LogP contribution in [0.15, 0.2) is 29.2 Å². The van der Waals surface area contributed by atoms with Crippen molar-refractivity contribution >= 4 is 35.2 Å². The first-order valence-corrected chi connectivity index (χ1v) is 9.57. The molecule has 0 unspecified atom stereocenters. The molecule has 1 saturated heterocycles. The SMILES string of the molecule is NC(=O)CN1CCC[C@@H](C(=O)NCCCSc2ccc(Cl)cc2)C1. The van der Waals surface area contributed by atoms with Gasteiger partial charge in [0.15, 0.2) is 0 Å². The van der Waals surface area contributed by atoms with Crippen LogP contribution in [0.1, 0.15) is 19.3 Å². The number of thioether (sulfide) groups is 1. The summed E-state index contributed by atoms with van der Waals surface area (Å²) in [6.07, 6.45) is 2.72. The van der Waals surface area contributed by atoms with Gasteiger partial charge in [0.25, 0.3) is 0 Å². The molecule has 0 bridgehead atoms. The molecule has 2 rings (SSSR count). The number of benzene rings is 1. The molecule has 1 aromatic rings. The largest absolute Gasteiger partial charge is 0.369 e. The lowest BCUT2D eigenvalue weighted by Crippen LogP contribution is -2.45. The molecule has 0 aromatic heterocycles. The monoisotopic (exact) mass is 369 g/mol. The first-order chi connectivity index (χ1) is 11.5. The van der Waals surface area contributed by atoms with Crippen molar-refractivity contribution < 1.29 is 9.59 Å². The van der Waals surface area contributed by atoms with Gasteiger partial charge in [-0.3, -0.25) is 14.5 Å². The lowest BCUT2D eigenvalue weighted by Gasteiger charge is -2.30. The maximum atomic E-state index is 12.2. The second-order valence-electron chi connectivity index (χ2n) is 5.99. The Morgan fingerprint density at radius 1 is 1.33 bits per heavy atom. The molecule has 1 aliphatic heterocycles. The zero-order valence-corrected chi connectivity index (χ0v) is 15.2. The van der Waals surface area contributed by atoms with Crippen LogP contribution >= 0.6 is 23.4 Å². The predicted octanol–water partition coefficient (Wildman–Crippen LogP) is 2.14. The van der Waals surface area contributed by atoms with Gasteiger partial charge < -0.3 is 11.1 Å². The van der Waals surface area contributed by atoms with Crippen molar-refractivity contribution in [2.45, 2.75) is 24.2 Å². The zero-order valence-electron chi connectivity index (χ0n) is 13.7. The van der Waals surface area contributed by atoms with E-state index in [1.807, 2.05) is 29.2 Å². The number of carbonyl (C=O) groups is 2. The Hall–Kier alpha value is -1.24. The maximum Gasteiger partial charge on any atom is 0.231 e. The Morgan fingerprint density at radius 3 is 2.79 bits per heavy atom. The van der Waals surface area contributed by atoms with E-state index in [0.29, 0.717) is 13.1 Å². The van der Waals surface area contributed by atoms with Crippen molar-refractivity contribution in [3.8, 4) is 0 Å². The number of hydrogen-bond donors (Lipinski definition) is 2. The highest BCUT2D eigenvalue weighted by molar-refractivity contribution is 7.99. The summed E-state index contributed by atoms with van der Waals surface area (Å²) in [6.45, 7) is 2.37. The molecule has 1 fully saturated rings. The van der Waals surface area contributed by atoms with Gasteiger partial charge in [0.05, 0.1) is 12.5 Å². The van der Waals surface area contributed by atoms with Crippen LogP contribution in [-0.4, -0.2) is 48.6 Å². The van der Waals surface area contributed by atoms with E-state index in [4.69, 9.17) is 17.3 Å². The van der Waals surface area contributed by atoms with Gasteiger partial charge in [-0.2, -0.15) is 0 Å². The average Bonchev–Trinajstić information content (AvgIpc) is 2.55. The van der Waals surface area contributed by atoms with Crippen molar-refractivity contribution in [2.75, 3.05) is 31.9 Å². The zero-order chi connectivity index (χ0) is 17.4. The van der Waals surface area contributed by atoms with Crippen molar-refractivity contribution in [1.82, 2.24) is 10.2 Å². The van der Waals surface area contributed by atoms with E-state index < -0.39 is 0 Å². The molecule has 1 atom stereocenters. The van der Waals surface area contributed by atoms with Crippen LogP contribution in [0.2, 0.25) is 5.02 Å². The minimum absolute atomic E-state index is 0.0398. The molecule has 5 nitrogen and oxygen atoms in total. The van der Waals surface area contributed by atoms with Gasteiger partial charge in [0.2, 0.25) is 11.8 Å². The second-order valence-corrected chi connectivity index (χ2v) is 7.59. The minimum Gasteiger partial charge on any atom is -0.369 e. The summed E-state index contributed by atoms with van der Waals surface area (Å²) in [4.78, 5) is 26.4. The van der Waals surface area contributed by atoms with E-state index in [1.165, 1.54) is 4.90 Å². The van der Waals surface area contributed by atoms with Crippen molar-refractivity contribution in [3.63, 3.8) is 0 Å². The minimum atomic E-state index is -0.338. The van der Waals surface area contributed by atoms with E-state index in [2.05, 4.69) is 5.32 Å². The van der Waals surface area contributed by atoms with Crippen LogP contribution in [0.3, 0.4) is 0 Å². The van der Waals surface area contributed by atoms with Crippen molar-refractivity contribution in [1.29, 1.82) is 0 Å². The molecular weight excluding hydrogens is 346 g/mol. The lowest BCUT2D eigenvalue weighted by molar-refractivity contribution is -0.128. The number of primary amides is 1. The van der Waals surface area contributed by atoms with Crippen LogP contribution in [0, 0.1) is 5.92 Å². The van der Waals surface area contributed by atoms with Crippen molar-refractivity contribution in [3.05, 3.63) is 29.3 Å². The fourth-order valence-electron chi connectivity index (χ4n) is 2.78. The van der Waals surface area contributed by atoms with Crippen LogP contribution in [0.4, 0.5) is 0 Å². The van der Waals surface area contributed by atoms with Crippen LogP contribution in [-0.2, 0) is 9.59 Å². The van der Waals surface area contributed by atoms with Gasteiger partial charge in [-0.25, -0.2) is 0 Å². The van der Waals surface area contributed by atoms with E-state index >= 15 is 0 Å². The van der Waals surface area contributed by atoms with Crippen LogP contribution < -0.4 is 11.1 Å². The third kappa shape index (κ3) is 6.71. The molecule has 1 aliphatic rings. The highest BCUT2D eigenvalue weighted by Gasteiger charge is 2.25. The Morgan fingerprint density at radius 2 is 2.08 bits per heavy atom. The predicted molar refractivity (Wildman–Crippen MR) is 98.2 cm³/mol. The number of amides is 2. The number of likely N-dealkylation sites (tertiary alicyclic amines) is 1. The van der Waals surface area contributed by atoms with Gasteiger partial charge in [0.1, 0.15) is 0 Å². The molecule has 0 saturated carbocycles. The molecule has 0 spiro atoms. The molecular formula is C17H24ClN3O2S. The normalized spacial score (nSPS) is 18.3. The molecule has 24 heavy (non-hydrogen) atoms. The number of nitrogens with one attached hydrogen (secondary N) is 1. The fraction of sp³-hybridized carbons (Fsp3) is 0.529. The fourth-order valence-corrected chi connectivity index (χ4v) is 3.76. The third-order valence-electron chi connectivity index (χ3n) is 3.96.